The van der Waals surface area contributed by atoms with Gasteiger partial charge in [0.1, 0.15) is 39.1 Å². The predicted octanol–water partition coefficient (Wildman–Crippen LogP) is 39.2. The second-order valence-electron chi connectivity index (χ2n) is 41.9. The average Bonchev–Trinajstić information content (AvgIpc) is 0.756. The van der Waals surface area contributed by atoms with Crippen LogP contribution >= 0.6 is 0 Å². The van der Waals surface area contributed by atoms with Gasteiger partial charge in [0, 0.05) is 72.7 Å². The predicted molar refractivity (Wildman–Crippen MR) is 636 cm³/mol. The van der Waals surface area contributed by atoms with Crippen LogP contribution in [-0.4, -0.2) is 31.7 Å². The van der Waals surface area contributed by atoms with E-state index in [1.54, 1.807) is 0 Å². The van der Waals surface area contributed by atoms with E-state index in [9.17, 15) is 0 Å². The molecule has 5 aliphatic rings. The summed E-state index contributed by atoms with van der Waals surface area (Å²) < 4.78 is 25.8. The van der Waals surface area contributed by atoms with Crippen LogP contribution in [-0.2, 0) is 43.6 Å². The summed E-state index contributed by atoms with van der Waals surface area (Å²) in [7, 11) is -0.743. The van der Waals surface area contributed by atoms with Gasteiger partial charge in [0.2, 0.25) is 0 Å². The maximum atomic E-state index is 6.55. The Morgan fingerprint density at radius 1 is 0.174 bits per heavy atom. The molecule has 5 aliphatic carbocycles. The lowest BCUT2D eigenvalue weighted by Gasteiger charge is -2.25. The van der Waals surface area contributed by atoms with E-state index in [-0.39, 0.29) is 43.6 Å². The quantitative estimate of drug-likeness (QED) is 0.0535. The molecule has 0 aliphatic heterocycles. The molecule has 8 heteroatoms. The molecule has 0 amide bonds. The van der Waals surface area contributed by atoms with E-state index in [1.807, 2.05) is 0 Å². The summed E-state index contributed by atoms with van der Waals surface area (Å²) in [5.41, 5.74) is 0. The Morgan fingerprint density at radius 3 is 0.839 bits per heavy atom. The van der Waals surface area contributed by atoms with Crippen molar-refractivity contribution in [2.24, 2.45) is 23.7 Å². The van der Waals surface area contributed by atoms with Gasteiger partial charge < -0.3 is 18.9 Å². The van der Waals surface area contributed by atoms with Crippen LogP contribution in [0.15, 0.2) is 485 Å². The SMILES string of the molecule is c1ccc2c([S+](c3ccc(OCC4CCCCC4)c4ccccc34)C3CCCCC3)cccc2c1.c1ccc2c([S+](c3cccc4ccccc34)c3ccc(OCC4CCCCC4)c4ccccc34)cccc2c1.c1ccc2cc([S+](c3ccc(OCC4CCCCC4)cc3)c3ccc4ccccc4c3)ccc2c1.c1ccc2cc([S+](c3ccc4ccccc4c3)c3ccc(OCCC4CCCCC4)c4ccccc34)ccc2c1. The summed E-state index contributed by atoms with van der Waals surface area (Å²) in [6, 6.07) is 159. The number of benzene rings is 21. The van der Waals surface area contributed by atoms with Crippen molar-refractivity contribution in [1.82, 2.24) is 0 Å². The maximum Gasteiger partial charge on any atom is 0.174 e. The van der Waals surface area contributed by atoms with Gasteiger partial charge in [0.25, 0.3) is 0 Å². The molecule has 21 aromatic rings. The largest absolute Gasteiger partial charge is 0.493 e. The maximum absolute atomic E-state index is 6.55. The highest BCUT2D eigenvalue weighted by atomic mass is 32.2. The molecule has 5 fully saturated rings. The summed E-state index contributed by atoms with van der Waals surface area (Å²) in [6.07, 6.45) is 35.0. The molecule has 0 aromatic heterocycles. The van der Waals surface area contributed by atoms with Crippen LogP contribution in [0.4, 0.5) is 0 Å². The molecule has 744 valence electrons. The first-order chi connectivity index (χ1) is 73.9. The molecule has 26 rings (SSSR count). The van der Waals surface area contributed by atoms with Gasteiger partial charge in [-0.3, -0.25) is 0 Å². The summed E-state index contributed by atoms with van der Waals surface area (Å²) >= 11 is 0. The molecule has 1 atom stereocenters. The molecule has 4 nitrogen and oxygen atoms in total. The highest BCUT2D eigenvalue weighted by Gasteiger charge is 2.41. The number of ether oxygens (including phenoxy) is 4. The van der Waals surface area contributed by atoms with Crippen LogP contribution < -0.4 is 18.9 Å². The fourth-order valence-electron chi connectivity index (χ4n) is 24.1. The van der Waals surface area contributed by atoms with Crippen molar-refractivity contribution in [3.63, 3.8) is 0 Å². The van der Waals surface area contributed by atoms with Crippen molar-refractivity contribution in [2.45, 2.75) is 226 Å². The van der Waals surface area contributed by atoms with E-state index < -0.39 is 0 Å². The van der Waals surface area contributed by atoms with Crippen molar-refractivity contribution in [1.29, 1.82) is 0 Å². The molecule has 0 radical (unpaired) electrons. The Labute approximate surface area is 892 Å². The van der Waals surface area contributed by atoms with E-state index in [2.05, 4.69) is 431 Å². The third-order valence-corrected chi connectivity index (χ3v) is 41.6. The van der Waals surface area contributed by atoms with Gasteiger partial charge in [0.05, 0.1) is 59.1 Å². The van der Waals surface area contributed by atoms with Crippen molar-refractivity contribution in [2.75, 3.05) is 26.4 Å². The lowest BCUT2D eigenvalue weighted by molar-refractivity contribution is 0.209. The minimum absolute atomic E-state index is 0.0411. The van der Waals surface area contributed by atoms with Crippen LogP contribution in [0.25, 0.3) is 108 Å². The number of fused-ring (bicyclic) bond motifs is 10. The molecule has 0 saturated heterocycles. The van der Waals surface area contributed by atoms with Gasteiger partial charge in [-0.2, -0.15) is 0 Å². The summed E-state index contributed by atoms with van der Waals surface area (Å²) in [5.74, 6) is 7.02. The monoisotopic (exact) mass is 2020 g/mol. The average molecular weight is 2020 g/mol. The number of hydrogen-bond donors (Lipinski definition) is 0. The zero-order valence-electron chi connectivity index (χ0n) is 85.9. The van der Waals surface area contributed by atoms with E-state index in [1.165, 1.54) is 322 Å². The van der Waals surface area contributed by atoms with Crippen molar-refractivity contribution >= 4 is 151 Å². The van der Waals surface area contributed by atoms with Gasteiger partial charge in [-0.05, 0) is 317 Å². The molecule has 149 heavy (non-hydrogen) atoms. The topological polar surface area (TPSA) is 36.9 Å². The minimum atomic E-state index is -0.310. The molecule has 21 aromatic carbocycles. The molecule has 0 bridgehead atoms. The van der Waals surface area contributed by atoms with E-state index in [0.29, 0.717) is 17.1 Å². The Morgan fingerprint density at radius 2 is 0.443 bits per heavy atom. The molecule has 0 spiro atoms. The summed E-state index contributed by atoms with van der Waals surface area (Å²) in [6.45, 7) is 3.33. The molecular formula is C141H136O4S4+4. The first kappa shape index (κ1) is 99.1. The van der Waals surface area contributed by atoms with Crippen molar-refractivity contribution in [3.8, 4) is 23.0 Å². The van der Waals surface area contributed by atoms with Crippen molar-refractivity contribution in [3.05, 3.63) is 431 Å². The van der Waals surface area contributed by atoms with E-state index >= 15 is 0 Å². The molecule has 0 N–H and O–H groups in total. The fourth-order valence-corrected chi connectivity index (χ4v) is 34.1. The zero-order chi connectivity index (χ0) is 99.6. The van der Waals surface area contributed by atoms with Crippen LogP contribution in [0.3, 0.4) is 0 Å². The van der Waals surface area contributed by atoms with Crippen LogP contribution in [0.1, 0.15) is 167 Å². The number of hydrogen-bond acceptors (Lipinski definition) is 4. The normalized spacial score (nSPS) is 15.4. The first-order valence-electron chi connectivity index (χ1n) is 55.4. The minimum Gasteiger partial charge on any atom is -0.493 e. The molecule has 1 unspecified atom stereocenters. The van der Waals surface area contributed by atoms with Gasteiger partial charge in [-0.1, -0.05) is 339 Å². The second-order valence-corrected chi connectivity index (χ2v) is 50.0. The Balaban J connectivity index is 0.000000109. The Kier molecular flexibility index (Phi) is 32.1. The highest BCUT2D eigenvalue weighted by molar-refractivity contribution is 7.98. The third-order valence-electron chi connectivity index (χ3n) is 32.0. The number of rotatable bonds is 25. The summed E-state index contributed by atoms with van der Waals surface area (Å²) in [4.78, 5) is 15.1. The van der Waals surface area contributed by atoms with Crippen LogP contribution in [0.5, 0.6) is 23.0 Å². The Bertz CT molecular complexity index is 7910. The van der Waals surface area contributed by atoms with Gasteiger partial charge in [-0.15, -0.1) is 0 Å². The third kappa shape index (κ3) is 23.1. The lowest BCUT2D eigenvalue weighted by atomic mass is 9.87. The molecular weight excluding hydrogens is 1890 g/mol. The summed E-state index contributed by atoms with van der Waals surface area (Å²) in [5, 5.41) is 26.6. The first-order valence-corrected chi connectivity index (χ1v) is 60.4. The van der Waals surface area contributed by atoms with E-state index in [4.69, 9.17) is 18.9 Å². The Hall–Kier alpha value is -13.2. The van der Waals surface area contributed by atoms with Crippen LogP contribution in [0, 0.1) is 23.7 Å². The lowest BCUT2D eigenvalue weighted by Crippen LogP contribution is -2.25. The zero-order valence-corrected chi connectivity index (χ0v) is 89.1. The van der Waals surface area contributed by atoms with Crippen molar-refractivity contribution < 1.29 is 18.9 Å². The molecule has 5 saturated carbocycles. The standard InChI is InChI=1S/C38H35OS.C37H33OS.C33H37OS.C33H31OS/c1-2-10-28(11-3-1)24-25-39-37-22-23-38(36-17-9-8-16-35(36)37)40(33-20-18-29-12-4-6-14-31(29)26-33)34-21-19-30-13-5-7-15-32(30)27-34;1-2-12-27(13-3-1)26-38-34-24-25-37(33-21-9-8-20-32(33)34)39(35-22-10-16-28-14-4-6-18-30(28)35)36-23-11-17-29-15-5-7-19-31(29)36;1-3-12-25(13-4-1)24-34-31-22-23-33(30-20-10-9-19-29(30)31)35(27-16-5-2-6-17-27)32-21-11-15-26-14-7-8-18-28(26)32;1-2-8-25(9-3-1)24-34-30-16-20-31(21-17-30)35(32-18-14-26-10-4-6-12-28(26)22-32)33-19-15-27-11-5-7-13-29(27)23-33/h4-9,12-23,26-28H,1-3,10-11,24-25H2;4-11,14-25,27H,1-3,12-13,26H2;7-11,14-15,18-23,25,27H,1-6,12-13,16-17,24H2;4-7,10-23,25H,1-3,8-9,24H2/q4*+1. The second kappa shape index (κ2) is 48.2. The highest BCUT2D eigenvalue weighted by Crippen LogP contribution is 2.49. The van der Waals surface area contributed by atoms with E-state index in [0.717, 1.165) is 67.7 Å². The van der Waals surface area contributed by atoms with Gasteiger partial charge in [-0.25, -0.2) is 0 Å². The van der Waals surface area contributed by atoms with Crippen LogP contribution in [0.2, 0.25) is 0 Å². The van der Waals surface area contributed by atoms with Gasteiger partial charge in [0.15, 0.2) is 53.9 Å². The molecule has 0 heterocycles. The fraction of sp³-hybridized carbons (Fsp3) is 0.248. The smallest absolute Gasteiger partial charge is 0.174 e. The van der Waals surface area contributed by atoms with Gasteiger partial charge >= 0.3 is 0 Å².